The van der Waals surface area contributed by atoms with Crippen molar-refractivity contribution in [3.63, 3.8) is 0 Å². The normalized spacial score (nSPS) is 22.0. The van der Waals surface area contributed by atoms with Crippen molar-refractivity contribution >= 4 is 17.2 Å². The zero-order valence-electron chi connectivity index (χ0n) is 13.4. The summed E-state index contributed by atoms with van der Waals surface area (Å²) in [5.41, 5.74) is 0.927. The lowest BCUT2D eigenvalue weighted by atomic mass is 10.0. The quantitative estimate of drug-likeness (QED) is 0.910. The first-order chi connectivity index (χ1) is 9.88. The summed E-state index contributed by atoms with van der Waals surface area (Å²) in [7, 11) is 1.83. The SMILES string of the molecule is Cc1nc(CC(C)C)c(C(=O)N(C)CC2CCCC2O)s1. The first kappa shape index (κ1) is 16.4. The molecule has 1 aromatic heterocycles. The van der Waals surface area contributed by atoms with Crippen molar-refractivity contribution in [3.8, 4) is 0 Å². The van der Waals surface area contributed by atoms with E-state index in [-0.39, 0.29) is 17.9 Å². The number of nitrogens with zero attached hydrogens (tertiary/aromatic N) is 2. The highest BCUT2D eigenvalue weighted by molar-refractivity contribution is 7.13. The number of hydrogen-bond donors (Lipinski definition) is 1. The molecule has 4 nitrogen and oxygen atoms in total. The third-order valence-electron chi connectivity index (χ3n) is 4.07. The lowest BCUT2D eigenvalue weighted by Crippen LogP contribution is -2.34. The van der Waals surface area contributed by atoms with Gasteiger partial charge in [-0.3, -0.25) is 4.79 Å². The highest BCUT2D eigenvalue weighted by Crippen LogP contribution is 2.27. The maximum absolute atomic E-state index is 12.7. The van der Waals surface area contributed by atoms with E-state index in [4.69, 9.17) is 0 Å². The predicted octanol–water partition coefficient (Wildman–Crippen LogP) is 2.88. The molecular weight excluding hydrogens is 284 g/mol. The number of hydrogen-bond acceptors (Lipinski definition) is 4. The van der Waals surface area contributed by atoms with E-state index in [0.717, 1.165) is 41.3 Å². The van der Waals surface area contributed by atoms with Gasteiger partial charge in [0.05, 0.1) is 16.8 Å². The standard InChI is InChI=1S/C16H26N2O2S/c1-10(2)8-13-15(21-11(3)17-13)16(20)18(4)9-12-6-5-7-14(12)19/h10,12,14,19H,5-9H2,1-4H3. The minimum atomic E-state index is -0.251. The Morgan fingerprint density at radius 3 is 2.76 bits per heavy atom. The van der Waals surface area contributed by atoms with E-state index >= 15 is 0 Å². The monoisotopic (exact) mass is 310 g/mol. The van der Waals surface area contributed by atoms with E-state index in [1.807, 2.05) is 14.0 Å². The van der Waals surface area contributed by atoms with Crippen molar-refractivity contribution in [1.29, 1.82) is 0 Å². The molecule has 5 heteroatoms. The van der Waals surface area contributed by atoms with Crippen LogP contribution in [0.25, 0.3) is 0 Å². The Morgan fingerprint density at radius 2 is 2.19 bits per heavy atom. The summed E-state index contributed by atoms with van der Waals surface area (Å²) in [5, 5.41) is 10.9. The van der Waals surface area contributed by atoms with Gasteiger partial charge in [0.2, 0.25) is 0 Å². The van der Waals surface area contributed by atoms with Crippen molar-refractivity contribution in [2.45, 2.75) is 52.6 Å². The van der Waals surface area contributed by atoms with Crippen LogP contribution in [0.15, 0.2) is 0 Å². The fourth-order valence-corrected chi connectivity index (χ4v) is 3.94. The van der Waals surface area contributed by atoms with Crippen LogP contribution in [0.4, 0.5) is 0 Å². The molecule has 1 amide bonds. The second kappa shape index (κ2) is 6.88. The van der Waals surface area contributed by atoms with E-state index in [9.17, 15) is 9.90 Å². The molecule has 1 aliphatic carbocycles. The molecule has 21 heavy (non-hydrogen) atoms. The van der Waals surface area contributed by atoms with Gasteiger partial charge in [0.1, 0.15) is 4.88 Å². The summed E-state index contributed by atoms with van der Waals surface area (Å²) in [4.78, 5) is 19.7. The molecule has 2 rings (SSSR count). The van der Waals surface area contributed by atoms with Gasteiger partial charge < -0.3 is 10.0 Å². The minimum absolute atomic E-state index is 0.0513. The summed E-state index contributed by atoms with van der Waals surface area (Å²) in [6.45, 7) is 6.87. The zero-order valence-corrected chi connectivity index (χ0v) is 14.2. The first-order valence-electron chi connectivity index (χ1n) is 7.78. The number of rotatable bonds is 5. The Kier molecular flexibility index (Phi) is 5.38. The average molecular weight is 310 g/mol. The Bertz CT molecular complexity index is 498. The molecule has 0 bridgehead atoms. The van der Waals surface area contributed by atoms with Crippen molar-refractivity contribution in [3.05, 3.63) is 15.6 Å². The smallest absolute Gasteiger partial charge is 0.265 e. The fourth-order valence-electron chi connectivity index (χ4n) is 3.00. The molecule has 1 fully saturated rings. The van der Waals surface area contributed by atoms with Crippen LogP contribution < -0.4 is 0 Å². The maximum Gasteiger partial charge on any atom is 0.265 e. The highest BCUT2D eigenvalue weighted by Gasteiger charge is 2.29. The fraction of sp³-hybridized carbons (Fsp3) is 0.750. The Hall–Kier alpha value is -0.940. The molecule has 2 unspecified atom stereocenters. The average Bonchev–Trinajstić information content (AvgIpc) is 2.95. The van der Waals surface area contributed by atoms with Crippen molar-refractivity contribution in [2.75, 3.05) is 13.6 Å². The predicted molar refractivity (Wildman–Crippen MR) is 85.7 cm³/mol. The van der Waals surface area contributed by atoms with E-state index < -0.39 is 0 Å². The van der Waals surface area contributed by atoms with Crippen LogP contribution in [0.1, 0.15) is 53.5 Å². The van der Waals surface area contributed by atoms with Gasteiger partial charge in [0.25, 0.3) is 5.91 Å². The van der Waals surface area contributed by atoms with Crippen LogP contribution in [0.2, 0.25) is 0 Å². The Balaban J connectivity index is 2.08. The number of aromatic nitrogens is 1. The number of carbonyl (C=O) groups excluding carboxylic acids is 1. The summed E-state index contributed by atoms with van der Waals surface area (Å²) in [6, 6.07) is 0. The van der Waals surface area contributed by atoms with E-state index in [1.54, 1.807) is 4.90 Å². The summed E-state index contributed by atoms with van der Waals surface area (Å²) < 4.78 is 0. The minimum Gasteiger partial charge on any atom is -0.393 e. The van der Waals surface area contributed by atoms with E-state index in [2.05, 4.69) is 18.8 Å². The zero-order chi connectivity index (χ0) is 15.6. The molecule has 0 aliphatic heterocycles. The molecule has 1 saturated carbocycles. The van der Waals surface area contributed by atoms with Crippen LogP contribution in [-0.2, 0) is 6.42 Å². The van der Waals surface area contributed by atoms with Crippen molar-refractivity contribution in [2.24, 2.45) is 11.8 Å². The number of thiazole rings is 1. The van der Waals surface area contributed by atoms with Gasteiger partial charge in [-0.25, -0.2) is 4.98 Å². The van der Waals surface area contributed by atoms with Gasteiger partial charge in [0.15, 0.2) is 0 Å². The molecule has 0 spiro atoms. The number of aliphatic hydroxyl groups is 1. The second-order valence-corrected chi connectivity index (χ2v) is 7.75. The van der Waals surface area contributed by atoms with Gasteiger partial charge >= 0.3 is 0 Å². The van der Waals surface area contributed by atoms with Gasteiger partial charge in [-0.1, -0.05) is 20.3 Å². The number of carbonyl (C=O) groups is 1. The first-order valence-corrected chi connectivity index (χ1v) is 8.60. The molecule has 118 valence electrons. The lowest BCUT2D eigenvalue weighted by molar-refractivity contribution is 0.0696. The van der Waals surface area contributed by atoms with Crippen LogP contribution >= 0.6 is 11.3 Å². The van der Waals surface area contributed by atoms with Crippen LogP contribution in [0, 0.1) is 18.8 Å². The molecule has 1 aliphatic rings. The molecule has 1 N–H and O–H groups in total. The van der Waals surface area contributed by atoms with Crippen LogP contribution in [0.5, 0.6) is 0 Å². The Labute approximate surface area is 131 Å². The molecule has 2 atom stereocenters. The summed E-state index contributed by atoms with van der Waals surface area (Å²) in [5.74, 6) is 0.761. The third-order valence-corrected chi connectivity index (χ3v) is 5.08. The third kappa shape index (κ3) is 4.04. The molecule has 1 aromatic rings. The Morgan fingerprint density at radius 1 is 1.48 bits per heavy atom. The summed E-state index contributed by atoms with van der Waals surface area (Å²) >= 11 is 1.49. The van der Waals surface area contributed by atoms with Crippen molar-refractivity contribution in [1.82, 2.24) is 9.88 Å². The number of amides is 1. The molecular formula is C16H26N2O2S. The van der Waals surface area contributed by atoms with E-state index in [0.29, 0.717) is 12.5 Å². The molecule has 1 heterocycles. The van der Waals surface area contributed by atoms with Gasteiger partial charge in [-0.15, -0.1) is 11.3 Å². The van der Waals surface area contributed by atoms with Gasteiger partial charge in [-0.05, 0) is 32.1 Å². The molecule has 0 radical (unpaired) electrons. The van der Waals surface area contributed by atoms with Gasteiger partial charge in [-0.2, -0.15) is 0 Å². The largest absolute Gasteiger partial charge is 0.393 e. The molecule has 0 saturated heterocycles. The van der Waals surface area contributed by atoms with Crippen LogP contribution in [-0.4, -0.2) is 40.6 Å². The van der Waals surface area contributed by atoms with E-state index in [1.165, 1.54) is 11.3 Å². The summed E-state index contributed by atoms with van der Waals surface area (Å²) in [6.07, 6.45) is 3.53. The second-order valence-electron chi connectivity index (χ2n) is 6.55. The number of aliphatic hydroxyl groups excluding tert-OH is 1. The maximum atomic E-state index is 12.7. The van der Waals surface area contributed by atoms with Crippen LogP contribution in [0.3, 0.4) is 0 Å². The topological polar surface area (TPSA) is 53.4 Å². The van der Waals surface area contributed by atoms with Gasteiger partial charge in [0, 0.05) is 19.5 Å². The van der Waals surface area contributed by atoms with Crippen molar-refractivity contribution < 1.29 is 9.90 Å². The molecule has 0 aromatic carbocycles. The number of aryl methyl sites for hydroxylation is 1. The highest BCUT2D eigenvalue weighted by atomic mass is 32.1. The lowest BCUT2D eigenvalue weighted by Gasteiger charge is -2.23.